The van der Waals surface area contributed by atoms with Gasteiger partial charge in [-0.1, -0.05) is 326 Å². The molecule has 0 nitrogen and oxygen atoms in total. The van der Waals surface area contributed by atoms with Crippen LogP contribution >= 0.6 is 22.7 Å². The van der Waals surface area contributed by atoms with E-state index in [1.165, 1.54) is 20.8 Å². The van der Waals surface area contributed by atoms with E-state index >= 15 is 0 Å². The Hall–Kier alpha value is -13.6. The second-order valence-corrected chi connectivity index (χ2v) is 27.1. The van der Waals surface area contributed by atoms with E-state index in [0.717, 1.165) is 22.7 Å². The topological polar surface area (TPSA) is 0 Å². The Morgan fingerprint density at radius 1 is 0.150 bits per heavy atom. The van der Waals surface area contributed by atoms with Gasteiger partial charge in [0.2, 0.25) is 0 Å². The summed E-state index contributed by atoms with van der Waals surface area (Å²) >= 11 is 1.65. The molecule has 0 spiro atoms. The maximum Gasteiger partial charge on any atom is 0.0641 e. The zero-order valence-electron chi connectivity index (χ0n) is 123. The van der Waals surface area contributed by atoms with E-state index in [9.17, 15) is 20.6 Å². The number of benzene rings is 21. The maximum absolute atomic E-state index is 9.70. The highest BCUT2D eigenvalue weighted by molar-refractivity contribution is 7.26. The summed E-state index contributed by atoms with van der Waals surface area (Å²) in [6.45, 7) is 4.13. The summed E-state index contributed by atoms with van der Waals surface area (Å²) in [4.78, 5) is 0. The van der Waals surface area contributed by atoms with Crippen LogP contribution in [-0.4, -0.2) is 0 Å². The van der Waals surface area contributed by atoms with Gasteiger partial charge >= 0.3 is 0 Å². The Kier molecular flexibility index (Phi) is 7.03. The molecule has 0 N–H and O–H groups in total. The van der Waals surface area contributed by atoms with Crippen LogP contribution in [0, 0.1) is 20.8 Å². The highest BCUT2D eigenvalue weighted by Crippen LogP contribution is 2.47. The Morgan fingerprint density at radius 3 is 0.965 bits per heavy atom. The first-order valence-electron chi connectivity index (χ1n) is 66.3. The molecule has 0 saturated carbocycles. The highest BCUT2D eigenvalue weighted by Gasteiger charge is 2.19. The number of fused-ring (bicyclic) bond motifs is 24. The second kappa shape index (κ2) is 28.1. The third-order valence-corrected chi connectivity index (χ3v) is 20.4. The Bertz CT molecular complexity index is 11700. The van der Waals surface area contributed by atoms with Crippen LogP contribution in [0.3, 0.4) is 0 Å². The van der Waals surface area contributed by atoms with Gasteiger partial charge < -0.3 is 0 Å². The molecule has 21 aromatic carbocycles. The van der Waals surface area contributed by atoms with E-state index in [4.69, 9.17) is 68.5 Å². The summed E-state index contributed by atoms with van der Waals surface area (Å²) in [5, 5.41) is -7.72. The van der Waals surface area contributed by atoms with Crippen molar-refractivity contribution < 1.29 is 89.1 Å². The largest absolute Gasteiger partial charge is 0.135 e. The first kappa shape index (κ1) is 28.3. The van der Waals surface area contributed by atoms with Crippen molar-refractivity contribution in [2.75, 3.05) is 0 Å². The van der Waals surface area contributed by atoms with Crippen LogP contribution in [0.2, 0.25) is 0 Å². The predicted octanol–water partition coefficient (Wildman–Crippen LogP) is 32.8. The summed E-state index contributed by atoms with van der Waals surface area (Å²) in [6.07, 6.45) is 0. The van der Waals surface area contributed by atoms with E-state index in [-0.39, 0.29) is 148 Å². The average Bonchev–Trinajstić information content (AvgIpc) is 0.704. The fourth-order valence-electron chi connectivity index (χ4n) is 13.2. The number of hydrogen-bond acceptors (Lipinski definition) is 2. The Labute approximate surface area is 756 Å². The molecule has 0 unspecified atom stereocenters. The summed E-state index contributed by atoms with van der Waals surface area (Å²) in [5.41, 5.74) is -9.58. The Morgan fingerprint density at radius 2 is 0.451 bits per heavy atom. The van der Waals surface area contributed by atoms with Crippen molar-refractivity contribution in [2.45, 2.75) is 20.8 Å². The molecule has 0 aliphatic carbocycles. The van der Waals surface area contributed by atoms with Crippen molar-refractivity contribution in [3.05, 3.63) is 409 Å². The van der Waals surface area contributed by atoms with Crippen molar-refractivity contribution in [2.24, 2.45) is 0 Å². The number of rotatable bonds is 7. The summed E-state index contributed by atoms with van der Waals surface area (Å²) < 4.78 is 575. The molecule has 0 amide bonds. The molecule has 2 heteroatoms. The maximum atomic E-state index is 9.70. The molecular formula is C111H74S2. The lowest BCUT2D eigenvalue weighted by Crippen LogP contribution is -1.88. The zero-order valence-corrected chi connectivity index (χ0v) is 59.4. The van der Waals surface area contributed by atoms with Crippen LogP contribution in [-0.2, 0) is 0 Å². The van der Waals surface area contributed by atoms with Crippen LogP contribution in [0.15, 0.2) is 393 Å². The van der Waals surface area contributed by atoms with Crippen LogP contribution in [0.5, 0.6) is 0 Å². The quantitative estimate of drug-likeness (QED) is 0.140. The molecule has 0 bridgehead atoms. The van der Waals surface area contributed by atoms with Gasteiger partial charge in [-0.15, -0.1) is 22.7 Å². The predicted molar refractivity (Wildman–Crippen MR) is 495 cm³/mol. The molecule has 0 fully saturated rings. The zero-order chi connectivity index (χ0) is 132. The lowest BCUT2D eigenvalue weighted by Gasteiger charge is -2.14. The summed E-state index contributed by atoms with van der Waals surface area (Å²) in [7, 11) is 0. The molecule has 2 aromatic heterocycles. The Balaban J connectivity index is 0.000000152. The smallest absolute Gasteiger partial charge is 0.0641 e. The van der Waals surface area contributed by atoms with Crippen molar-refractivity contribution in [3.63, 3.8) is 0 Å². The van der Waals surface area contributed by atoms with E-state index in [1.807, 2.05) is 0 Å². The minimum absolute atomic E-state index is 0.0202. The molecule has 23 rings (SSSR count). The summed E-state index contributed by atoms with van der Waals surface area (Å²) in [6, 6.07) is -48.8. The van der Waals surface area contributed by atoms with Gasteiger partial charge in [0.25, 0.3) is 0 Å². The average molecular weight is 1540 g/mol. The van der Waals surface area contributed by atoms with E-state index < -0.39 is 477 Å². The van der Waals surface area contributed by atoms with Gasteiger partial charge in [-0.25, -0.2) is 0 Å². The van der Waals surface area contributed by atoms with Crippen molar-refractivity contribution >= 4 is 160 Å². The molecule has 0 radical (unpaired) electrons. The first-order chi connectivity index (χ1) is 82.9. The summed E-state index contributed by atoms with van der Waals surface area (Å²) in [5.74, 6) is 0. The van der Waals surface area contributed by atoms with Gasteiger partial charge in [0.15, 0.2) is 0 Å². The van der Waals surface area contributed by atoms with Crippen molar-refractivity contribution in [1.82, 2.24) is 0 Å². The van der Waals surface area contributed by atoms with Gasteiger partial charge in [0.05, 0.1) is 89.1 Å². The lowest BCUT2D eigenvalue weighted by molar-refractivity contribution is 1.46. The fraction of sp³-hybridized carbons (Fsp3) is 0.0270. The van der Waals surface area contributed by atoms with Crippen LogP contribution < -0.4 is 0 Å². The third kappa shape index (κ3) is 12.1. The van der Waals surface area contributed by atoms with Gasteiger partial charge in [0.1, 0.15) is 0 Å². The van der Waals surface area contributed by atoms with Gasteiger partial charge in [-0.05, 0) is 279 Å². The molecule has 0 aliphatic heterocycles. The minimum atomic E-state index is -1.12. The monoisotopic (exact) mass is 1540 g/mol. The first-order valence-corrected chi connectivity index (χ1v) is 35.4. The SMILES string of the molecule is [2H]c1c([2H])c(-c2c([2H])c([2H])c3c4c([2H])c([2H])c([2H])c([2H])c4c4c([2H])c([2H])c([2H])c([2H])c4c3c2[2H])c([2H])c(-c2c([2H])c([2H])c([2H])c3c2sc2c([2H])c(C)c([2H])c([2H])c23)c1[2H].[2H]c1c([2H])c([2H])c(-c2c([2H])c(-c3c([2H])c([2H])c([2H])c(C)c3[2H])c([2H])c(-c3c([2H])c([2H])c([2H])c(-c4c([2H])c([2H])c5c6c([2H])c([2H])c([2H])c([2H])c6c6c([2H])c([2H])c([2H])c([2H])c6c5c4[2H])c3[2H])c2[2H])c([2H])c1[2H].[2H]c1c([2H])c([2H])c2c(sc3c(-c4c([2H])c([2H])c5c6c([2H])c([2H])c([2H])c([2H])c6c6c([2H])c([2H])c([2H])c([2H])c6c5c4[2H])c([2H])c(C)c([2H])c32)c1[2H]. The molecule has 2 heterocycles. The molecule has 0 atom stereocenters. The normalized spacial score (nSPS) is 19.7. The van der Waals surface area contributed by atoms with E-state index in [0.29, 0.717) is 0 Å². The van der Waals surface area contributed by atoms with Crippen molar-refractivity contribution in [3.8, 4) is 77.9 Å². The molecule has 113 heavy (non-hydrogen) atoms. The standard InChI is InChI=1S/C43H30.C37H24S.C31H20S/c1-29-11-9-14-31(23-29)36-25-35(30-12-3-2-4-13-30)26-37(27-36)33-16-10-15-32(24-33)34-21-22-42-40-19-6-5-17-38(40)39-18-7-8-20-41(39)43(42)28-34;1-23-16-18-33-34-15-7-14-27(37(34)38-36(33)20-23)26-9-6-8-24(21-26)25-17-19-32-30-12-3-2-10-28(30)29-11-4-5-13-31(29)35(32)22-25;1-19-16-27(31-29(17-19)26-12-6-7-13-30(26)32-31)20-14-15-25-23-10-3-2-8-21(23)22-9-4-5-11-24(22)28(25)18-20/h2-28H,1H3;2-22H,1H3;2-18H,1H3/i2D,3D,4D,5D,6D,7D,8D,9D,10D,11D,12D,13D,14D,15D,16D,17D,18D,19D,20D,21D,22D,23D,24D,25D,26D,27D,28D;2D,3D,4D,5D,6D,7D,8D,9D,10D,11D,12D,13D,14D,15D,16D,17D,18D,19D,20D,21D,22D;2D,3D,4D,5D,6D,7D,8D,9D,10D,11D,12D,13D,14D,15D,16D,17D,18D. The van der Waals surface area contributed by atoms with Gasteiger partial charge in [0, 0.05) is 40.3 Å². The van der Waals surface area contributed by atoms with Crippen LogP contribution in [0.4, 0.5) is 0 Å². The third-order valence-electron chi connectivity index (χ3n) is 18.2. The molecular weight excluding hydrogens is 1400 g/mol. The van der Waals surface area contributed by atoms with Crippen LogP contribution in [0.25, 0.3) is 215 Å². The highest BCUT2D eigenvalue weighted by atomic mass is 32.1. The number of thiophene rings is 2. The second-order valence-electron chi connectivity index (χ2n) is 25.0. The molecule has 0 aliphatic rings. The minimum Gasteiger partial charge on any atom is -0.135 e. The molecule has 23 aromatic rings. The van der Waals surface area contributed by atoms with Gasteiger partial charge in [-0.2, -0.15) is 0 Å². The number of hydrogen-bond donors (Lipinski definition) is 0. The lowest BCUT2D eigenvalue weighted by atomic mass is 9.90. The van der Waals surface area contributed by atoms with Gasteiger partial charge in [-0.3, -0.25) is 0 Å². The van der Waals surface area contributed by atoms with E-state index in [1.54, 1.807) is 0 Å². The molecule has 530 valence electrons. The molecule has 0 saturated heterocycles. The fourth-order valence-corrected chi connectivity index (χ4v) is 15.5. The van der Waals surface area contributed by atoms with Crippen LogP contribution in [0.1, 0.15) is 106 Å². The van der Waals surface area contributed by atoms with E-state index in [2.05, 4.69) is 0 Å². The van der Waals surface area contributed by atoms with Crippen molar-refractivity contribution in [1.29, 1.82) is 0 Å².